The lowest BCUT2D eigenvalue weighted by Gasteiger charge is -2.15. The van der Waals surface area contributed by atoms with Gasteiger partial charge in [-0.2, -0.15) is 0 Å². The summed E-state index contributed by atoms with van der Waals surface area (Å²) >= 11 is 0. The molecular formula is C18H24N2O. The first-order valence-electron chi connectivity index (χ1n) is 7.34. The van der Waals surface area contributed by atoms with Crippen LogP contribution >= 0.6 is 0 Å². The maximum absolute atomic E-state index is 6.30. The molecule has 1 atom stereocenters. The van der Waals surface area contributed by atoms with Crippen LogP contribution < -0.4 is 15.4 Å². The van der Waals surface area contributed by atoms with Gasteiger partial charge in [-0.05, 0) is 48.7 Å². The third-order valence-electron chi connectivity index (χ3n) is 3.53. The van der Waals surface area contributed by atoms with Crippen LogP contribution in [0.25, 0.3) is 0 Å². The molecule has 2 aromatic rings. The number of nitrogens with two attached hydrogens (primary N) is 1. The zero-order valence-corrected chi connectivity index (χ0v) is 13.0. The Morgan fingerprint density at radius 2 is 1.62 bits per heavy atom. The largest absolute Gasteiger partial charge is 0.494 e. The quantitative estimate of drug-likeness (QED) is 0.883. The number of hydrogen-bond acceptors (Lipinski definition) is 3. The van der Waals surface area contributed by atoms with Crippen LogP contribution in [0.3, 0.4) is 0 Å². The number of rotatable bonds is 6. The maximum Gasteiger partial charge on any atom is 0.119 e. The normalized spacial score (nSPS) is 12.0. The lowest BCUT2D eigenvalue weighted by Crippen LogP contribution is -2.13. The summed E-state index contributed by atoms with van der Waals surface area (Å²) in [6, 6.07) is 16.6. The van der Waals surface area contributed by atoms with Crippen molar-refractivity contribution in [2.45, 2.75) is 19.4 Å². The van der Waals surface area contributed by atoms with Crippen LogP contribution in [0, 0.1) is 0 Å². The molecule has 2 aromatic carbocycles. The predicted octanol–water partition coefficient (Wildman–Crippen LogP) is 3.39. The molecule has 21 heavy (non-hydrogen) atoms. The Morgan fingerprint density at radius 3 is 2.14 bits per heavy atom. The molecule has 112 valence electrons. The number of anilines is 1. The maximum atomic E-state index is 6.30. The Labute approximate surface area is 127 Å². The highest BCUT2D eigenvalue weighted by atomic mass is 16.5. The topological polar surface area (TPSA) is 38.5 Å². The van der Waals surface area contributed by atoms with Crippen LogP contribution in [0.2, 0.25) is 0 Å². The first kappa shape index (κ1) is 15.4. The van der Waals surface area contributed by atoms with Crippen molar-refractivity contribution in [3.05, 3.63) is 59.7 Å². The Bertz CT molecular complexity index is 546. The van der Waals surface area contributed by atoms with Gasteiger partial charge < -0.3 is 15.4 Å². The highest BCUT2D eigenvalue weighted by Crippen LogP contribution is 2.21. The summed E-state index contributed by atoms with van der Waals surface area (Å²) in [5.74, 6) is 0.892. The van der Waals surface area contributed by atoms with Gasteiger partial charge in [0.1, 0.15) is 5.75 Å². The summed E-state index contributed by atoms with van der Waals surface area (Å²) in [6.45, 7) is 2.67. The average Bonchev–Trinajstić information content (AvgIpc) is 2.49. The van der Waals surface area contributed by atoms with Crippen molar-refractivity contribution >= 4 is 5.69 Å². The standard InChI is InChI=1S/C18H24N2O/c1-4-21-17-11-7-15(8-12-17)18(19)13-14-5-9-16(10-6-14)20(2)3/h5-12,18H,4,13,19H2,1-3H3. The van der Waals surface area contributed by atoms with Crippen molar-refractivity contribution in [1.82, 2.24) is 0 Å². The molecule has 2 rings (SSSR count). The van der Waals surface area contributed by atoms with Gasteiger partial charge in [0.2, 0.25) is 0 Å². The molecule has 0 fully saturated rings. The van der Waals surface area contributed by atoms with E-state index in [9.17, 15) is 0 Å². The highest BCUT2D eigenvalue weighted by Gasteiger charge is 2.07. The van der Waals surface area contributed by atoms with E-state index in [0.717, 1.165) is 17.7 Å². The molecule has 0 aliphatic heterocycles. The third kappa shape index (κ3) is 4.23. The molecule has 0 spiro atoms. The van der Waals surface area contributed by atoms with Gasteiger partial charge in [-0.3, -0.25) is 0 Å². The van der Waals surface area contributed by atoms with Gasteiger partial charge >= 0.3 is 0 Å². The molecule has 2 N–H and O–H groups in total. The van der Waals surface area contributed by atoms with E-state index in [1.54, 1.807) is 0 Å². The fraction of sp³-hybridized carbons (Fsp3) is 0.333. The second-order valence-electron chi connectivity index (χ2n) is 5.37. The van der Waals surface area contributed by atoms with Gasteiger partial charge in [0.15, 0.2) is 0 Å². The van der Waals surface area contributed by atoms with Gasteiger partial charge in [0.25, 0.3) is 0 Å². The molecule has 0 aliphatic carbocycles. The van der Waals surface area contributed by atoms with Gasteiger partial charge in [0, 0.05) is 25.8 Å². The van der Waals surface area contributed by atoms with Crippen LogP contribution in [-0.4, -0.2) is 20.7 Å². The van der Waals surface area contributed by atoms with Crippen molar-refractivity contribution in [2.75, 3.05) is 25.6 Å². The molecule has 0 heterocycles. The second-order valence-corrected chi connectivity index (χ2v) is 5.37. The summed E-state index contributed by atoms with van der Waals surface area (Å²) in [5, 5.41) is 0. The first-order chi connectivity index (χ1) is 10.1. The average molecular weight is 284 g/mol. The SMILES string of the molecule is CCOc1ccc(C(N)Cc2ccc(N(C)C)cc2)cc1. The van der Waals surface area contributed by atoms with Crippen LogP contribution in [0.5, 0.6) is 5.75 Å². The van der Waals surface area contributed by atoms with E-state index in [1.807, 2.05) is 45.3 Å². The minimum absolute atomic E-state index is 0.00545. The lowest BCUT2D eigenvalue weighted by atomic mass is 9.99. The molecule has 0 saturated heterocycles. The molecular weight excluding hydrogens is 260 g/mol. The number of benzene rings is 2. The van der Waals surface area contributed by atoms with E-state index in [1.165, 1.54) is 11.3 Å². The number of hydrogen-bond donors (Lipinski definition) is 1. The van der Waals surface area contributed by atoms with Crippen LogP contribution in [0.1, 0.15) is 24.1 Å². The molecule has 0 aliphatic rings. The highest BCUT2D eigenvalue weighted by molar-refractivity contribution is 5.46. The second kappa shape index (κ2) is 7.14. The molecule has 0 aromatic heterocycles. The van der Waals surface area contributed by atoms with Crippen LogP contribution in [-0.2, 0) is 6.42 Å². The van der Waals surface area contributed by atoms with Gasteiger partial charge in [-0.25, -0.2) is 0 Å². The monoisotopic (exact) mass is 284 g/mol. The van der Waals surface area contributed by atoms with E-state index in [0.29, 0.717) is 6.61 Å². The molecule has 1 unspecified atom stereocenters. The van der Waals surface area contributed by atoms with E-state index in [-0.39, 0.29) is 6.04 Å². The molecule has 3 nitrogen and oxygen atoms in total. The van der Waals surface area contributed by atoms with E-state index < -0.39 is 0 Å². The summed E-state index contributed by atoms with van der Waals surface area (Å²) < 4.78 is 5.45. The Morgan fingerprint density at radius 1 is 1.00 bits per heavy atom. The molecule has 0 amide bonds. The molecule has 0 radical (unpaired) electrons. The van der Waals surface area contributed by atoms with Crippen molar-refractivity contribution < 1.29 is 4.74 Å². The zero-order chi connectivity index (χ0) is 15.2. The molecule has 3 heteroatoms. The van der Waals surface area contributed by atoms with E-state index >= 15 is 0 Å². The Balaban J connectivity index is 2.01. The van der Waals surface area contributed by atoms with Crippen molar-refractivity contribution in [3.63, 3.8) is 0 Å². The summed E-state index contributed by atoms with van der Waals surface area (Å²) in [6.07, 6.45) is 0.835. The summed E-state index contributed by atoms with van der Waals surface area (Å²) in [7, 11) is 4.08. The van der Waals surface area contributed by atoms with Crippen molar-refractivity contribution in [3.8, 4) is 5.75 Å². The van der Waals surface area contributed by atoms with Gasteiger partial charge in [-0.1, -0.05) is 24.3 Å². The van der Waals surface area contributed by atoms with Gasteiger partial charge in [0.05, 0.1) is 6.61 Å². The minimum Gasteiger partial charge on any atom is -0.494 e. The third-order valence-corrected chi connectivity index (χ3v) is 3.53. The van der Waals surface area contributed by atoms with Crippen molar-refractivity contribution in [2.24, 2.45) is 5.73 Å². The van der Waals surface area contributed by atoms with E-state index in [2.05, 4.69) is 29.2 Å². The Kier molecular flexibility index (Phi) is 5.23. The molecule has 0 saturated carbocycles. The van der Waals surface area contributed by atoms with E-state index in [4.69, 9.17) is 10.5 Å². The summed E-state index contributed by atoms with van der Waals surface area (Å²) in [5.41, 5.74) is 9.89. The number of nitrogens with zero attached hydrogens (tertiary/aromatic N) is 1. The number of ether oxygens (including phenoxy) is 1. The minimum atomic E-state index is 0.00545. The fourth-order valence-corrected chi connectivity index (χ4v) is 2.28. The van der Waals surface area contributed by atoms with Crippen LogP contribution in [0.4, 0.5) is 5.69 Å². The van der Waals surface area contributed by atoms with Gasteiger partial charge in [-0.15, -0.1) is 0 Å². The molecule has 0 bridgehead atoms. The Hall–Kier alpha value is -2.00. The summed E-state index contributed by atoms with van der Waals surface area (Å²) in [4.78, 5) is 2.09. The fourth-order valence-electron chi connectivity index (χ4n) is 2.28. The zero-order valence-electron chi connectivity index (χ0n) is 13.0. The lowest BCUT2D eigenvalue weighted by molar-refractivity contribution is 0.340. The smallest absolute Gasteiger partial charge is 0.119 e. The van der Waals surface area contributed by atoms with Crippen molar-refractivity contribution in [1.29, 1.82) is 0 Å². The van der Waals surface area contributed by atoms with Crippen LogP contribution in [0.15, 0.2) is 48.5 Å². The first-order valence-corrected chi connectivity index (χ1v) is 7.34. The predicted molar refractivity (Wildman–Crippen MR) is 89.0 cm³/mol.